The number of ether oxygens (including phenoxy) is 2. The van der Waals surface area contributed by atoms with Crippen molar-refractivity contribution in [3.05, 3.63) is 0 Å². The minimum atomic E-state index is 0.0508. The van der Waals surface area contributed by atoms with Crippen LogP contribution in [0.15, 0.2) is 0 Å². The molecule has 11 heavy (non-hydrogen) atoms. The first-order valence-electron chi connectivity index (χ1n) is 3.73. The number of rotatable bonds is 6. The van der Waals surface area contributed by atoms with Crippen LogP contribution in [0.3, 0.4) is 0 Å². The highest BCUT2D eigenvalue weighted by molar-refractivity contribution is 5.81. The van der Waals surface area contributed by atoms with Crippen molar-refractivity contribution in [2.24, 2.45) is 5.92 Å². The second-order valence-corrected chi connectivity index (χ2v) is 2.58. The van der Waals surface area contributed by atoms with Crippen LogP contribution in [0.25, 0.3) is 0 Å². The highest BCUT2D eigenvalue weighted by atomic mass is 16.5. The van der Waals surface area contributed by atoms with Crippen LogP contribution >= 0.6 is 0 Å². The molecule has 0 amide bonds. The number of Topliss-reactive ketones (excluding diaryl/α,β-unsaturated/α-hetero) is 1. The number of methoxy groups -OCH3 is 2. The van der Waals surface area contributed by atoms with Gasteiger partial charge in [0.15, 0.2) is 5.78 Å². The Hall–Kier alpha value is -0.410. The normalized spacial score (nSPS) is 13.0. The van der Waals surface area contributed by atoms with Gasteiger partial charge in [0.05, 0.1) is 0 Å². The summed E-state index contributed by atoms with van der Waals surface area (Å²) in [6, 6.07) is 0. The molecule has 0 spiro atoms. The molecule has 0 aliphatic heterocycles. The van der Waals surface area contributed by atoms with Crippen molar-refractivity contribution in [2.45, 2.75) is 13.3 Å². The van der Waals surface area contributed by atoms with Gasteiger partial charge in [-0.2, -0.15) is 0 Å². The number of hydrogen-bond acceptors (Lipinski definition) is 3. The monoisotopic (exact) mass is 160 g/mol. The summed E-state index contributed by atoms with van der Waals surface area (Å²) in [7, 11) is 3.16. The molecular formula is C8H16O3. The summed E-state index contributed by atoms with van der Waals surface area (Å²) in [6.07, 6.45) is 0.776. The Balaban J connectivity index is 3.46. The zero-order chi connectivity index (χ0) is 8.69. The summed E-state index contributed by atoms with van der Waals surface area (Å²) in [5, 5.41) is 0. The Morgan fingerprint density at radius 1 is 1.36 bits per heavy atom. The van der Waals surface area contributed by atoms with E-state index in [4.69, 9.17) is 9.47 Å². The Bertz CT molecular complexity index is 112. The van der Waals surface area contributed by atoms with E-state index in [-0.39, 0.29) is 18.3 Å². The second-order valence-electron chi connectivity index (χ2n) is 2.58. The lowest BCUT2D eigenvalue weighted by Gasteiger charge is -2.07. The third-order valence-electron chi connectivity index (χ3n) is 1.59. The fourth-order valence-electron chi connectivity index (χ4n) is 0.740. The van der Waals surface area contributed by atoms with E-state index < -0.39 is 0 Å². The molecule has 0 bridgehead atoms. The van der Waals surface area contributed by atoms with Gasteiger partial charge >= 0.3 is 0 Å². The Morgan fingerprint density at radius 3 is 2.45 bits per heavy atom. The molecule has 0 radical (unpaired) electrons. The van der Waals surface area contributed by atoms with Gasteiger partial charge < -0.3 is 9.47 Å². The summed E-state index contributed by atoms with van der Waals surface area (Å²) in [6.45, 7) is 2.74. The molecule has 0 saturated heterocycles. The molecule has 0 aromatic heterocycles. The predicted octanol–water partition coefficient (Wildman–Crippen LogP) is 0.875. The van der Waals surface area contributed by atoms with E-state index in [0.717, 1.165) is 6.42 Å². The molecule has 3 heteroatoms. The van der Waals surface area contributed by atoms with Gasteiger partial charge in [0, 0.05) is 26.7 Å². The largest absolute Gasteiger partial charge is 0.385 e. The van der Waals surface area contributed by atoms with E-state index in [1.165, 1.54) is 7.11 Å². The quantitative estimate of drug-likeness (QED) is 0.578. The Kier molecular flexibility index (Phi) is 6.07. The summed E-state index contributed by atoms with van der Waals surface area (Å²) in [4.78, 5) is 11.1. The van der Waals surface area contributed by atoms with Crippen LogP contribution in [0.5, 0.6) is 0 Å². The Labute approximate surface area is 67.7 Å². The van der Waals surface area contributed by atoms with Crippen LogP contribution in [-0.4, -0.2) is 33.2 Å². The molecule has 0 N–H and O–H groups in total. The lowest BCUT2D eigenvalue weighted by Crippen LogP contribution is -2.17. The van der Waals surface area contributed by atoms with Gasteiger partial charge in [-0.25, -0.2) is 0 Å². The third-order valence-corrected chi connectivity index (χ3v) is 1.59. The maximum Gasteiger partial charge on any atom is 0.161 e. The van der Waals surface area contributed by atoms with Crippen LogP contribution in [0.4, 0.5) is 0 Å². The van der Waals surface area contributed by atoms with Gasteiger partial charge in [0.1, 0.15) is 6.61 Å². The molecule has 0 aliphatic rings. The standard InChI is InChI=1S/C8H16O3/c1-7(4-5-10-2)8(9)6-11-3/h7H,4-6H2,1-3H3. The SMILES string of the molecule is COCCC(C)C(=O)COC. The average molecular weight is 160 g/mol. The van der Waals surface area contributed by atoms with E-state index in [9.17, 15) is 4.79 Å². The van der Waals surface area contributed by atoms with Crippen molar-refractivity contribution < 1.29 is 14.3 Å². The zero-order valence-electron chi connectivity index (χ0n) is 7.42. The first kappa shape index (κ1) is 10.6. The molecule has 0 heterocycles. The topological polar surface area (TPSA) is 35.5 Å². The first-order chi connectivity index (χ1) is 5.22. The maximum absolute atomic E-state index is 11.1. The summed E-state index contributed by atoms with van der Waals surface area (Å²) in [5.74, 6) is 0.194. The fraction of sp³-hybridized carbons (Fsp3) is 0.875. The second kappa shape index (κ2) is 6.31. The highest BCUT2D eigenvalue weighted by Gasteiger charge is 2.11. The van der Waals surface area contributed by atoms with Crippen molar-refractivity contribution in [2.75, 3.05) is 27.4 Å². The van der Waals surface area contributed by atoms with Crippen LogP contribution in [0.2, 0.25) is 0 Å². The van der Waals surface area contributed by atoms with Gasteiger partial charge in [0.25, 0.3) is 0 Å². The summed E-state index contributed by atoms with van der Waals surface area (Å²) in [5.41, 5.74) is 0. The van der Waals surface area contributed by atoms with Crippen LogP contribution in [0, 0.1) is 5.92 Å². The van der Waals surface area contributed by atoms with E-state index in [2.05, 4.69) is 0 Å². The Morgan fingerprint density at radius 2 is 2.00 bits per heavy atom. The van der Waals surface area contributed by atoms with E-state index in [1.807, 2.05) is 6.92 Å². The summed E-state index contributed by atoms with van der Waals surface area (Å²) >= 11 is 0. The average Bonchev–Trinajstić information content (AvgIpc) is 2.00. The molecule has 1 atom stereocenters. The minimum Gasteiger partial charge on any atom is -0.385 e. The molecule has 0 fully saturated rings. The van der Waals surface area contributed by atoms with Crippen molar-refractivity contribution in [3.8, 4) is 0 Å². The molecule has 0 aromatic rings. The van der Waals surface area contributed by atoms with Gasteiger partial charge in [0.2, 0.25) is 0 Å². The maximum atomic E-state index is 11.1. The van der Waals surface area contributed by atoms with E-state index >= 15 is 0 Å². The summed E-state index contributed by atoms with van der Waals surface area (Å²) < 4.78 is 9.56. The molecule has 0 saturated carbocycles. The molecular weight excluding hydrogens is 144 g/mol. The third kappa shape index (κ3) is 4.93. The van der Waals surface area contributed by atoms with Crippen molar-refractivity contribution in [1.82, 2.24) is 0 Å². The predicted molar refractivity (Wildman–Crippen MR) is 42.5 cm³/mol. The molecule has 0 aliphatic carbocycles. The molecule has 66 valence electrons. The lowest BCUT2D eigenvalue weighted by atomic mass is 10.0. The molecule has 3 nitrogen and oxygen atoms in total. The fourth-order valence-corrected chi connectivity index (χ4v) is 0.740. The van der Waals surface area contributed by atoms with Crippen LogP contribution in [0.1, 0.15) is 13.3 Å². The molecule has 1 unspecified atom stereocenters. The van der Waals surface area contributed by atoms with Crippen molar-refractivity contribution >= 4 is 5.78 Å². The van der Waals surface area contributed by atoms with Crippen molar-refractivity contribution in [1.29, 1.82) is 0 Å². The number of carbonyl (C=O) groups is 1. The van der Waals surface area contributed by atoms with Crippen LogP contribution in [-0.2, 0) is 14.3 Å². The smallest absolute Gasteiger partial charge is 0.161 e. The highest BCUT2D eigenvalue weighted by Crippen LogP contribution is 2.02. The van der Waals surface area contributed by atoms with E-state index in [1.54, 1.807) is 7.11 Å². The minimum absolute atomic E-state index is 0.0508. The number of ketones is 1. The van der Waals surface area contributed by atoms with Gasteiger partial charge in [-0.15, -0.1) is 0 Å². The van der Waals surface area contributed by atoms with E-state index in [0.29, 0.717) is 6.61 Å². The molecule has 0 rings (SSSR count). The number of carbonyl (C=O) groups excluding carboxylic acids is 1. The van der Waals surface area contributed by atoms with Crippen molar-refractivity contribution in [3.63, 3.8) is 0 Å². The van der Waals surface area contributed by atoms with Gasteiger partial charge in [-0.3, -0.25) is 4.79 Å². The number of hydrogen-bond donors (Lipinski definition) is 0. The van der Waals surface area contributed by atoms with Gasteiger partial charge in [-0.05, 0) is 6.42 Å². The lowest BCUT2D eigenvalue weighted by molar-refractivity contribution is -0.126. The van der Waals surface area contributed by atoms with Gasteiger partial charge in [-0.1, -0.05) is 6.92 Å². The molecule has 0 aromatic carbocycles. The first-order valence-corrected chi connectivity index (χ1v) is 3.73. The van der Waals surface area contributed by atoms with Crippen LogP contribution < -0.4 is 0 Å². The zero-order valence-corrected chi connectivity index (χ0v) is 7.42.